The molecule has 0 aromatic rings. The molecule has 0 bridgehead atoms. The topological polar surface area (TPSA) is 29.3 Å². The third kappa shape index (κ3) is 1.50. The van der Waals surface area contributed by atoms with Gasteiger partial charge in [0, 0.05) is 19.1 Å². The Bertz CT molecular complexity index is 102. The van der Waals surface area contributed by atoms with Crippen molar-refractivity contribution < 1.29 is 0 Å². The molecule has 10 heavy (non-hydrogen) atoms. The van der Waals surface area contributed by atoms with Gasteiger partial charge in [-0.25, -0.2) is 0 Å². The second-order valence-corrected chi connectivity index (χ2v) is 3.75. The Balaban J connectivity index is 2.49. The van der Waals surface area contributed by atoms with Gasteiger partial charge < -0.3 is 10.6 Å². The Kier molecular flexibility index (Phi) is 2.32. The van der Waals surface area contributed by atoms with Gasteiger partial charge in [0.25, 0.3) is 0 Å². The number of hydrogen-bond donors (Lipinski definition) is 1. The lowest BCUT2D eigenvalue weighted by atomic mass is 9.87. The maximum Gasteiger partial charge on any atom is 0.0115 e. The molecule has 2 N–H and O–H groups in total. The van der Waals surface area contributed by atoms with E-state index in [1.165, 1.54) is 0 Å². The highest BCUT2D eigenvalue weighted by Crippen LogP contribution is 2.18. The van der Waals surface area contributed by atoms with E-state index in [9.17, 15) is 0 Å². The number of likely N-dealkylation sites (tertiary alicyclic amines) is 1. The molecule has 3 atom stereocenters. The first-order chi connectivity index (χ1) is 4.61. The second kappa shape index (κ2) is 2.89. The fraction of sp³-hybridized carbons (Fsp3) is 1.00. The Morgan fingerprint density at radius 2 is 1.60 bits per heavy atom. The van der Waals surface area contributed by atoms with Crippen molar-refractivity contribution in [2.45, 2.75) is 19.9 Å². The van der Waals surface area contributed by atoms with Crippen LogP contribution in [-0.4, -0.2) is 31.1 Å². The lowest BCUT2D eigenvalue weighted by Gasteiger charge is -2.37. The second-order valence-electron chi connectivity index (χ2n) is 3.75. The quantitative estimate of drug-likeness (QED) is 0.534. The normalized spacial score (nSPS) is 43.8. The molecule has 0 aliphatic carbocycles. The summed E-state index contributed by atoms with van der Waals surface area (Å²) in [6.45, 7) is 6.78. The number of hydrogen-bond acceptors (Lipinski definition) is 2. The SMILES string of the molecule is C[C@@H]1CN(C)C[C@H](C)C1N. The molecule has 1 heterocycles. The van der Waals surface area contributed by atoms with Crippen LogP contribution >= 0.6 is 0 Å². The van der Waals surface area contributed by atoms with E-state index in [1.54, 1.807) is 0 Å². The average Bonchev–Trinajstić information content (AvgIpc) is 1.82. The third-order valence-electron chi connectivity index (χ3n) is 2.51. The van der Waals surface area contributed by atoms with Crippen LogP contribution < -0.4 is 5.73 Å². The standard InChI is InChI=1S/C8H18N2/c1-6-4-10(3)5-7(2)8(6)9/h6-8H,4-5,9H2,1-3H3/t6-,7+,8?. The molecule has 1 saturated heterocycles. The molecule has 0 radical (unpaired) electrons. The summed E-state index contributed by atoms with van der Waals surface area (Å²) in [5.41, 5.74) is 5.96. The van der Waals surface area contributed by atoms with E-state index in [0.29, 0.717) is 17.9 Å². The highest BCUT2D eigenvalue weighted by atomic mass is 15.1. The molecular weight excluding hydrogens is 124 g/mol. The maximum absolute atomic E-state index is 5.96. The van der Waals surface area contributed by atoms with Crippen molar-refractivity contribution in [2.75, 3.05) is 20.1 Å². The zero-order chi connectivity index (χ0) is 7.72. The Hall–Kier alpha value is -0.0800. The van der Waals surface area contributed by atoms with Gasteiger partial charge in [-0.15, -0.1) is 0 Å². The first-order valence-corrected chi connectivity index (χ1v) is 4.05. The first kappa shape index (κ1) is 8.02. The molecule has 0 spiro atoms. The molecule has 2 heteroatoms. The van der Waals surface area contributed by atoms with Crippen LogP contribution in [-0.2, 0) is 0 Å². The van der Waals surface area contributed by atoms with Crippen molar-refractivity contribution in [2.24, 2.45) is 17.6 Å². The summed E-state index contributed by atoms with van der Waals surface area (Å²) >= 11 is 0. The fourth-order valence-electron chi connectivity index (χ4n) is 1.86. The average molecular weight is 142 g/mol. The van der Waals surface area contributed by atoms with Crippen molar-refractivity contribution in [1.82, 2.24) is 4.90 Å². The Morgan fingerprint density at radius 1 is 1.20 bits per heavy atom. The lowest BCUT2D eigenvalue weighted by molar-refractivity contribution is 0.144. The van der Waals surface area contributed by atoms with Gasteiger partial charge in [-0.05, 0) is 18.9 Å². The van der Waals surface area contributed by atoms with Crippen molar-refractivity contribution >= 4 is 0 Å². The third-order valence-corrected chi connectivity index (χ3v) is 2.51. The Labute approximate surface area is 63.4 Å². The summed E-state index contributed by atoms with van der Waals surface area (Å²) < 4.78 is 0. The molecule has 1 aliphatic rings. The first-order valence-electron chi connectivity index (χ1n) is 4.05. The van der Waals surface area contributed by atoms with Crippen LogP contribution in [0, 0.1) is 11.8 Å². The van der Waals surface area contributed by atoms with E-state index >= 15 is 0 Å². The van der Waals surface area contributed by atoms with Crippen molar-refractivity contribution in [3.05, 3.63) is 0 Å². The molecule has 60 valence electrons. The molecule has 0 amide bonds. The van der Waals surface area contributed by atoms with Gasteiger partial charge in [0.15, 0.2) is 0 Å². The molecule has 1 rings (SSSR count). The Morgan fingerprint density at radius 3 is 2.00 bits per heavy atom. The number of nitrogens with zero attached hydrogens (tertiary/aromatic N) is 1. The molecule has 2 nitrogen and oxygen atoms in total. The highest BCUT2D eigenvalue weighted by molar-refractivity contribution is 4.83. The van der Waals surface area contributed by atoms with Crippen LogP contribution in [0.2, 0.25) is 0 Å². The highest BCUT2D eigenvalue weighted by Gasteiger charge is 2.26. The fourth-order valence-corrected chi connectivity index (χ4v) is 1.86. The summed E-state index contributed by atoms with van der Waals surface area (Å²) in [6, 6.07) is 0.413. The van der Waals surface area contributed by atoms with Crippen LogP contribution in [0.25, 0.3) is 0 Å². The van der Waals surface area contributed by atoms with Gasteiger partial charge >= 0.3 is 0 Å². The van der Waals surface area contributed by atoms with E-state index in [2.05, 4.69) is 25.8 Å². The molecule has 0 aromatic carbocycles. The van der Waals surface area contributed by atoms with Crippen LogP contribution in [0.3, 0.4) is 0 Å². The number of nitrogens with two attached hydrogens (primary N) is 1. The van der Waals surface area contributed by atoms with Crippen LogP contribution in [0.4, 0.5) is 0 Å². The van der Waals surface area contributed by atoms with E-state index in [1.807, 2.05) is 0 Å². The van der Waals surface area contributed by atoms with Gasteiger partial charge in [0.05, 0.1) is 0 Å². The summed E-state index contributed by atoms with van der Waals surface area (Å²) in [5.74, 6) is 1.32. The number of piperidine rings is 1. The van der Waals surface area contributed by atoms with E-state index < -0.39 is 0 Å². The van der Waals surface area contributed by atoms with Crippen molar-refractivity contribution in [1.29, 1.82) is 0 Å². The van der Waals surface area contributed by atoms with Gasteiger partial charge in [0.1, 0.15) is 0 Å². The molecule has 0 saturated carbocycles. The summed E-state index contributed by atoms with van der Waals surface area (Å²) in [4.78, 5) is 2.36. The zero-order valence-electron chi connectivity index (χ0n) is 7.17. The van der Waals surface area contributed by atoms with E-state index in [4.69, 9.17) is 5.73 Å². The monoisotopic (exact) mass is 142 g/mol. The summed E-state index contributed by atoms with van der Waals surface area (Å²) in [6.07, 6.45) is 0. The smallest absolute Gasteiger partial charge is 0.0115 e. The van der Waals surface area contributed by atoms with Gasteiger partial charge in [-0.3, -0.25) is 0 Å². The molecule has 1 fully saturated rings. The van der Waals surface area contributed by atoms with Crippen LogP contribution in [0.1, 0.15) is 13.8 Å². The predicted octanol–water partition coefficient (Wildman–Crippen LogP) is 0.531. The minimum atomic E-state index is 0.413. The minimum Gasteiger partial charge on any atom is -0.327 e. The van der Waals surface area contributed by atoms with E-state index in [0.717, 1.165) is 13.1 Å². The van der Waals surface area contributed by atoms with Crippen molar-refractivity contribution in [3.63, 3.8) is 0 Å². The van der Waals surface area contributed by atoms with Gasteiger partial charge in [0.2, 0.25) is 0 Å². The number of rotatable bonds is 0. The summed E-state index contributed by atoms with van der Waals surface area (Å²) in [7, 11) is 2.17. The zero-order valence-corrected chi connectivity index (χ0v) is 7.17. The van der Waals surface area contributed by atoms with E-state index in [-0.39, 0.29) is 0 Å². The van der Waals surface area contributed by atoms with Crippen molar-refractivity contribution in [3.8, 4) is 0 Å². The van der Waals surface area contributed by atoms with Gasteiger partial charge in [-0.1, -0.05) is 13.8 Å². The molecular formula is C8H18N2. The summed E-state index contributed by atoms with van der Waals surface area (Å²) in [5, 5.41) is 0. The predicted molar refractivity (Wildman–Crippen MR) is 43.8 cm³/mol. The minimum absolute atomic E-state index is 0.413. The largest absolute Gasteiger partial charge is 0.327 e. The van der Waals surface area contributed by atoms with Crippen LogP contribution in [0.15, 0.2) is 0 Å². The van der Waals surface area contributed by atoms with Gasteiger partial charge in [-0.2, -0.15) is 0 Å². The van der Waals surface area contributed by atoms with Crippen LogP contribution in [0.5, 0.6) is 0 Å². The maximum atomic E-state index is 5.96. The molecule has 1 aliphatic heterocycles. The molecule has 0 aromatic heterocycles. The molecule has 1 unspecified atom stereocenters. The lowest BCUT2D eigenvalue weighted by Crippen LogP contribution is -2.49.